The molecule has 0 saturated heterocycles. The van der Waals surface area contributed by atoms with Crippen LogP contribution in [-0.2, 0) is 6.42 Å². The molecule has 0 saturated carbocycles. The van der Waals surface area contributed by atoms with Crippen LogP contribution in [0.25, 0.3) is 11.5 Å². The van der Waals surface area contributed by atoms with Crippen LogP contribution in [-0.4, -0.2) is 22.6 Å². The molecule has 0 unspecified atom stereocenters. The Morgan fingerprint density at radius 2 is 1.78 bits per heavy atom. The maximum atomic E-state index is 12.0. The summed E-state index contributed by atoms with van der Waals surface area (Å²) in [6.07, 6.45) is 0.488. The molecule has 3 rings (SSSR count). The summed E-state index contributed by atoms with van der Waals surface area (Å²) in [5.41, 5.74) is 1.49. The van der Waals surface area contributed by atoms with E-state index in [-0.39, 0.29) is 5.91 Å². The fourth-order valence-electron chi connectivity index (χ4n) is 2.04. The van der Waals surface area contributed by atoms with Gasteiger partial charge in [-0.3, -0.25) is 4.79 Å². The van der Waals surface area contributed by atoms with E-state index in [1.165, 1.54) is 0 Å². The van der Waals surface area contributed by atoms with Gasteiger partial charge in [0.05, 0.1) is 0 Å². The largest absolute Gasteiger partial charge is 0.421 e. The molecule has 3 aromatic rings. The molecule has 0 aliphatic rings. The molecule has 0 fully saturated rings. The fraction of sp³-hybridized carbons (Fsp3) is 0.118. The lowest BCUT2D eigenvalue weighted by molar-refractivity contribution is 0.0953. The van der Waals surface area contributed by atoms with Crippen LogP contribution in [0.1, 0.15) is 16.2 Å². The molecule has 0 radical (unpaired) electrons. The Balaban J connectivity index is 1.54. The predicted octanol–water partition coefficient (Wildman–Crippen LogP) is 3.47. The van der Waals surface area contributed by atoms with Crippen molar-refractivity contribution < 1.29 is 9.21 Å². The lowest BCUT2D eigenvalue weighted by Gasteiger charge is -2.03. The lowest BCUT2D eigenvalue weighted by Crippen LogP contribution is -2.25. The smallest absolute Gasteiger partial charge is 0.251 e. The van der Waals surface area contributed by atoms with E-state index in [0.717, 1.165) is 10.0 Å². The first-order valence-corrected chi connectivity index (χ1v) is 7.93. The van der Waals surface area contributed by atoms with E-state index in [9.17, 15) is 4.79 Å². The number of rotatable bonds is 5. The van der Waals surface area contributed by atoms with Crippen molar-refractivity contribution in [1.29, 1.82) is 0 Å². The average molecular weight is 372 g/mol. The van der Waals surface area contributed by atoms with Gasteiger partial charge in [-0.1, -0.05) is 34.1 Å². The first-order valence-electron chi connectivity index (χ1n) is 7.14. The van der Waals surface area contributed by atoms with E-state index >= 15 is 0 Å². The third-order valence-electron chi connectivity index (χ3n) is 3.22. The molecule has 0 bridgehead atoms. The maximum Gasteiger partial charge on any atom is 0.251 e. The summed E-state index contributed by atoms with van der Waals surface area (Å²) in [6, 6.07) is 16.8. The third-order valence-corrected chi connectivity index (χ3v) is 3.75. The van der Waals surface area contributed by atoms with E-state index in [2.05, 4.69) is 31.4 Å². The van der Waals surface area contributed by atoms with E-state index in [0.29, 0.717) is 30.3 Å². The van der Waals surface area contributed by atoms with Gasteiger partial charge in [0.2, 0.25) is 11.8 Å². The molecule has 0 spiro atoms. The second-order valence-electron chi connectivity index (χ2n) is 4.88. The molecule has 0 aliphatic carbocycles. The molecule has 5 nitrogen and oxygen atoms in total. The molecule has 1 heterocycles. The summed E-state index contributed by atoms with van der Waals surface area (Å²) in [6.45, 7) is 0.436. The predicted molar refractivity (Wildman–Crippen MR) is 89.9 cm³/mol. The molecule has 0 atom stereocenters. The summed E-state index contributed by atoms with van der Waals surface area (Å²) in [5.74, 6) is 0.861. The third kappa shape index (κ3) is 4.04. The van der Waals surface area contributed by atoms with Crippen molar-refractivity contribution in [3.63, 3.8) is 0 Å². The van der Waals surface area contributed by atoms with Crippen LogP contribution in [0.2, 0.25) is 0 Å². The van der Waals surface area contributed by atoms with Gasteiger partial charge in [0.25, 0.3) is 5.91 Å². The summed E-state index contributed by atoms with van der Waals surface area (Å²) in [5, 5.41) is 10.9. The Kier molecular flexibility index (Phi) is 4.83. The van der Waals surface area contributed by atoms with Gasteiger partial charge in [0, 0.05) is 28.6 Å². The van der Waals surface area contributed by atoms with Crippen LogP contribution in [0.15, 0.2) is 63.5 Å². The van der Waals surface area contributed by atoms with Crippen molar-refractivity contribution in [2.75, 3.05) is 6.54 Å². The van der Waals surface area contributed by atoms with Crippen molar-refractivity contribution in [2.24, 2.45) is 0 Å². The zero-order chi connectivity index (χ0) is 16.1. The second kappa shape index (κ2) is 7.19. The van der Waals surface area contributed by atoms with Crippen LogP contribution < -0.4 is 5.32 Å². The molecule has 0 aliphatic heterocycles. The first-order chi connectivity index (χ1) is 11.2. The van der Waals surface area contributed by atoms with Gasteiger partial charge in [0.1, 0.15) is 0 Å². The highest BCUT2D eigenvalue weighted by molar-refractivity contribution is 9.10. The van der Waals surface area contributed by atoms with E-state index in [4.69, 9.17) is 4.42 Å². The number of halogens is 1. The summed E-state index contributed by atoms with van der Waals surface area (Å²) in [4.78, 5) is 12.0. The summed E-state index contributed by atoms with van der Waals surface area (Å²) in [7, 11) is 0. The van der Waals surface area contributed by atoms with Crippen LogP contribution in [0.4, 0.5) is 0 Å². The molecule has 116 valence electrons. The van der Waals surface area contributed by atoms with Gasteiger partial charge in [-0.05, 0) is 36.4 Å². The minimum absolute atomic E-state index is 0.125. The number of hydrogen-bond donors (Lipinski definition) is 1. The first kappa shape index (κ1) is 15.4. The van der Waals surface area contributed by atoms with Crippen molar-refractivity contribution >= 4 is 21.8 Å². The van der Waals surface area contributed by atoms with Gasteiger partial charge in [-0.25, -0.2) is 0 Å². The van der Waals surface area contributed by atoms with Gasteiger partial charge in [-0.15, -0.1) is 10.2 Å². The topological polar surface area (TPSA) is 68.0 Å². The minimum Gasteiger partial charge on any atom is -0.421 e. The van der Waals surface area contributed by atoms with Gasteiger partial charge in [0.15, 0.2) is 0 Å². The number of nitrogens with one attached hydrogen (secondary N) is 1. The minimum atomic E-state index is -0.125. The number of nitrogens with zero attached hydrogens (tertiary/aromatic N) is 2. The van der Waals surface area contributed by atoms with Crippen molar-refractivity contribution in [3.8, 4) is 11.5 Å². The molecule has 1 N–H and O–H groups in total. The van der Waals surface area contributed by atoms with Gasteiger partial charge in [-0.2, -0.15) is 0 Å². The molecule has 2 aromatic carbocycles. The van der Waals surface area contributed by atoms with Gasteiger partial charge < -0.3 is 9.73 Å². The molecule has 23 heavy (non-hydrogen) atoms. The monoisotopic (exact) mass is 371 g/mol. The zero-order valence-electron chi connectivity index (χ0n) is 12.2. The Bertz CT molecular complexity index is 785. The average Bonchev–Trinajstić information content (AvgIpc) is 3.05. The van der Waals surface area contributed by atoms with Gasteiger partial charge >= 0.3 is 0 Å². The van der Waals surface area contributed by atoms with Crippen LogP contribution in [0.5, 0.6) is 0 Å². The highest BCUT2D eigenvalue weighted by Gasteiger charge is 2.09. The number of carbonyl (C=O) groups is 1. The molecule has 1 aromatic heterocycles. The van der Waals surface area contributed by atoms with E-state index in [1.54, 1.807) is 12.1 Å². The highest BCUT2D eigenvalue weighted by Crippen LogP contribution is 2.16. The molecule has 6 heteroatoms. The van der Waals surface area contributed by atoms with Crippen LogP contribution in [0, 0.1) is 0 Å². The summed E-state index contributed by atoms with van der Waals surface area (Å²) < 4.78 is 6.53. The van der Waals surface area contributed by atoms with E-state index < -0.39 is 0 Å². The second-order valence-corrected chi connectivity index (χ2v) is 5.80. The Morgan fingerprint density at radius 3 is 2.52 bits per heavy atom. The zero-order valence-corrected chi connectivity index (χ0v) is 13.8. The number of hydrogen-bond acceptors (Lipinski definition) is 4. The molecular formula is C17H14BrN3O2. The van der Waals surface area contributed by atoms with Crippen LogP contribution in [0.3, 0.4) is 0 Å². The Hall–Kier alpha value is -2.47. The standard InChI is InChI=1S/C17H14BrN3O2/c18-14-8-6-12(7-9-14)16(22)19-11-10-15-20-21-17(23-15)13-4-2-1-3-5-13/h1-9H,10-11H2,(H,19,22). The highest BCUT2D eigenvalue weighted by atomic mass is 79.9. The maximum absolute atomic E-state index is 12.0. The quantitative estimate of drug-likeness (QED) is 0.745. The molecule has 1 amide bonds. The Morgan fingerprint density at radius 1 is 1.04 bits per heavy atom. The SMILES string of the molecule is O=C(NCCc1nnc(-c2ccccc2)o1)c1ccc(Br)cc1. The number of aromatic nitrogens is 2. The summed E-state index contributed by atoms with van der Waals surface area (Å²) >= 11 is 3.34. The molecular weight excluding hydrogens is 358 g/mol. The van der Waals surface area contributed by atoms with Crippen molar-refractivity contribution in [3.05, 3.63) is 70.5 Å². The Labute approximate surface area is 141 Å². The van der Waals surface area contributed by atoms with E-state index in [1.807, 2.05) is 42.5 Å². The number of benzene rings is 2. The lowest BCUT2D eigenvalue weighted by atomic mass is 10.2. The number of carbonyl (C=O) groups excluding carboxylic acids is 1. The fourth-order valence-corrected chi connectivity index (χ4v) is 2.30. The van der Waals surface area contributed by atoms with Crippen molar-refractivity contribution in [1.82, 2.24) is 15.5 Å². The van der Waals surface area contributed by atoms with Crippen LogP contribution >= 0.6 is 15.9 Å². The number of amides is 1. The van der Waals surface area contributed by atoms with Crippen molar-refractivity contribution in [2.45, 2.75) is 6.42 Å². The normalized spacial score (nSPS) is 10.5.